The van der Waals surface area contributed by atoms with Gasteiger partial charge in [-0.3, -0.25) is 9.36 Å². The molecule has 0 aliphatic rings. The number of nitrogens with one attached hydrogen (secondary N) is 1. The second-order valence-electron chi connectivity index (χ2n) is 6.47. The van der Waals surface area contributed by atoms with Gasteiger partial charge in [-0.25, -0.2) is 5.43 Å². The average molecular weight is 417 g/mol. The lowest BCUT2D eigenvalue weighted by molar-refractivity contribution is -0.118. The second-order valence-corrected chi connectivity index (χ2v) is 7.41. The first-order valence-corrected chi connectivity index (χ1v) is 10.3. The molecule has 0 atom stereocenters. The van der Waals surface area contributed by atoms with Gasteiger partial charge in [0.2, 0.25) is 0 Å². The van der Waals surface area contributed by atoms with Crippen molar-refractivity contribution in [3.8, 4) is 17.1 Å². The fourth-order valence-corrected chi connectivity index (χ4v) is 3.63. The Morgan fingerprint density at radius 1 is 1.03 bits per heavy atom. The number of aryl methyl sites for hydroxylation is 1. The van der Waals surface area contributed by atoms with E-state index in [0.717, 1.165) is 22.8 Å². The lowest BCUT2D eigenvalue weighted by Crippen LogP contribution is -2.20. The number of benzene rings is 2. The van der Waals surface area contributed by atoms with Gasteiger partial charge >= 0.3 is 0 Å². The van der Waals surface area contributed by atoms with Crippen molar-refractivity contribution < 1.29 is 4.79 Å². The van der Waals surface area contributed by atoms with E-state index < -0.39 is 0 Å². The van der Waals surface area contributed by atoms with Crippen molar-refractivity contribution in [1.29, 1.82) is 0 Å². The molecule has 2 aromatic heterocycles. The van der Waals surface area contributed by atoms with Crippen molar-refractivity contribution in [2.45, 2.75) is 5.16 Å². The zero-order chi connectivity index (χ0) is 20.8. The summed E-state index contributed by atoms with van der Waals surface area (Å²) in [5.41, 5.74) is 5.35. The van der Waals surface area contributed by atoms with E-state index in [2.05, 4.69) is 20.7 Å². The molecule has 4 rings (SSSR count). The van der Waals surface area contributed by atoms with E-state index in [0.29, 0.717) is 5.16 Å². The van der Waals surface area contributed by atoms with Crippen LogP contribution in [0.1, 0.15) is 5.69 Å². The van der Waals surface area contributed by atoms with Crippen LogP contribution in [0.25, 0.3) is 17.1 Å². The standard InChI is InChI=1S/C22H20N6OS/c1-27-14-8-13-19(27)15-23-24-20(29)16-30-22-26-25-21(17-9-4-2-5-10-17)28(22)18-11-6-3-7-12-18/h2-15H,16H2,1H3,(H,24,29)/b23-15+. The number of carbonyl (C=O) groups is 1. The number of amides is 1. The average Bonchev–Trinajstić information content (AvgIpc) is 3.40. The maximum Gasteiger partial charge on any atom is 0.250 e. The third-order valence-corrected chi connectivity index (χ3v) is 5.31. The van der Waals surface area contributed by atoms with Crippen molar-refractivity contribution in [3.63, 3.8) is 0 Å². The number of hydrogen-bond acceptors (Lipinski definition) is 5. The normalized spacial score (nSPS) is 11.1. The van der Waals surface area contributed by atoms with E-state index in [1.54, 1.807) is 6.21 Å². The fourth-order valence-electron chi connectivity index (χ4n) is 2.89. The van der Waals surface area contributed by atoms with Gasteiger partial charge < -0.3 is 4.57 Å². The van der Waals surface area contributed by atoms with E-state index in [-0.39, 0.29) is 11.7 Å². The Morgan fingerprint density at radius 2 is 1.77 bits per heavy atom. The number of hydrazone groups is 1. The Labute approximate surface area is 178 Å². The third-order valence-electron chi connectivity index (χ3n) is 4.38. The summed E-state index contributed by atoms with van der Waals surface area (Å²) in [6, 6.07) is 23.6. The number of para-hydroxylation sites is 1. The van der Waals surface area contributed by atoms with E-state index in [1.165, 1.54) is 11.8 Å². The maximum atomic E-state index is 12.2. The highest BCUT2D eigenvalue weighted by Crippen LogP contribution is 2.27. The molecule has 1 N–H and O–H groups in total. The number of carbonyl (C=O) groups excluding carboxylic acids is 1. The Hall–Kier alpha value is -3.65. The molecule has 30 heavy (non-hydrogen) atoms. The summed E-state index contributed by atoms with van der Waals surface area (Å²) in [6.07, 6.45) is 3.53. The summed E-state index contributed by atoms with van der Waals surface area (Å²) in [4.78, 5) is 12.2. The van der Waals surface area contributed by atoms with Gasteiger partial charge in [0.15, 0.2) is 11.0 Å². The molecule has 150 valence electrons. The molecule has 0 aliphatic carbocycles. The van der Waals surface area contributed by atoms with Crippen LogP contribution in [-0.2, 0) is 11.8 Å². The van der Waals surface area contributed by atoms with Crippen LogP contribution in [0.15, 0.2) is 89.3 Å². The lowest BCUT2D eigenvalue weighted by atomic mass is 10.2. The molecule has 0 radical (unpaired) electrons. The highest BCUT2D eigenvalue weighted by atomic mass is 32.2. The van der Waals surface area contributed by atoms with Gasteiger partial charge in [0, 0.05) is 24.5 Å². The van der Waals surface area contributed by atoms with Crippen LogP contribution in [0, 0.1) is 0 Å². The van der Waals surface area contributed by atoms with E-state index in [1.807, 2.05) is 95.2 Å². The fraction of sp³-hybridized carbons (Fsp3) is 0.0909. The summed E-state index contributed by atoms with van der Waals surface area (Å²) in [5, 5.41) is 13.4. The maximum absolute atomic E-state index is 12.2. The molecule has 2 heterocycles. The van der Waals surface area contributed by atoms with Gasteiger partial charge in [-0.05, 0) is 24.3 Å². The van der Waals surface area contributed by atoms with Gasteiger partial charge in [-0.2, -0.15) is 5.10 Å². The molecular weight excluding hydrogens is 396 g/mol. The molecule has 0 spiro atoms. The Kier molecular flexibility index (Phi) is 6.05. The van der Waals surface area contributed by atoms with Crippen molar-refractivity contribution in [2.24, 2.45) is 12.1 Å². The van der Waals surface area contributed by atoms with Crippen LogP contribution in [0.5, 0.6) is 0 Å². The second kappa shape index (κ2) is 9.23. The largest absolute Gasteiger partial charge is 0.350 e. The number of rotatable bonds is 7. The zero-order valence-electron chi connectivity index (χ0n) is 16.3. The predicted octanol–water partition coefficient (Wildman–Crippen LogP) is 3.52. The zero-order valence-corrected chi connectivity index (χ0v) is 17.2. The molecule has 0 bridgehead atoms. The Balaban J connectivity index is 1.50. The first-order chi connectivity index (χ1) is 14.7. The molecule has 0 saturated carbocycles. The monoisotopic (exact) mass is 416 g/mol. The molecule has 2 aromatic carbocycles. The SMILES string of the molecule is Cn1cccc1/C=N/NC(=O)CSc1nnc(-c2ccccc2)n1-c1ccccc1. The van der Waals surface area contributed by atoms with Crippen LogP contribution in [0.3, 0.4) is 0 Å². The molecular formula is C22H20N6OS. The minimum absolute atomic E-state index is 0.171. The van der Waals surface area contributed by atoms with Gasteiger partial charge in [-0.1, -0.05) is 60.3 Å². The number of aromatic nitrogens is 4. The Bertz CT molecular complexity index is 1150. The summed E-state index contributed by atoms with van der Waals surface area (Å²) in [5.74, 6) is 0.685. The van der Waals surface area contributed by atoms with Crippen LogP contribution in [-0.4, -0.2) is 37.2 Å². The topological polar surface area (TPSA) is 77.1 Å². The third kappa shape index (κ3) is 4.49. The van der Waals surface area contributed by atoms with Crippen LogP contribution in [0.4, 0.5) is 0 Å². The molecule has 7 nitrogen and oxygen atoms in total. The van der Waals surface area contributed by atoms with E-state index >= 15 is 0 Å². The minimum atomic E-state index is -0.214. The number of nitrogens with zero attached hydrogens (tertiary/aromatic N) is 5. The molecule has 0 unspecified atom stereocenters. The molecule has 1 amide bonds. The predicted molar refractivity (Wildman–Crippen MR) is 119 cm³/mol. The molecule has 0 fully saturated rings. The minimum Gasteiger partial charge on any atom is -0.350 e. The number of hydrogen-bond donors (Lipinski definition) is 1. The van der Waals surface area contributed by atoms with Crippen LogP contribution >= 0.6 is 11.8 Å². The highest BCUT2D eigenvalue weighted by Gasteiger charge is 2.16. The first-order valence-electron chi connectivity index (χ1n) is 9.34. The summed E-state index contributed by atoms with van der Waals surface area (Å²) in [6.45, 7) is 0. The van der Waals surface area contributed by atoms with Crippen molar-refractivity contribution in [1.82, 2.24) is 24.8 Å². The van der Waals surface area contributed by atoms with Crippen molar-refractivity contribution in [2.75, 3.05) is 5.75 Å². The van der Waals surface area contributed by atoms with Gasteiger partial charge in [0.25, 0.3) is 5.91 Å². The highest BCUT2D eigenvalue weighted by molar-refractivity contribution is 7.99. The van der Waals surface area contributed by atoms with E-state index in [4.69, 9.17) is 0 Å². The lowest BCUT2D eigenvalue weighted by Gasteiger charge is -2.10. The van der Waals surface area contributed by atoms with Crippen LogP contribution < -0.4 is 5.43 Å². The Morgan fingerprint density at radius 3 is 2.47 bits per heavy atom. The summed E-state index contributed by atoms with van der Waals surface area (Å²) < 4.78 is 3.87. The first kappa shape index (κ1) is 19.7. The summed E-state index contributed by atoms with van der Waals surface area (Å²) >= 11 is 1.31. The van der Waals surface area contributed by atoms with Gasteiger partial charge in [0.05, 0.1) is 17.7 Å². The summed E-state index contributed by atoms with van der Waals surface area (Å²) in [7, 11) is 1.92. The number of thioether (sulfide) groups is 1. The quantitative estimate of drug-likeness (QED) is 0.284. The van der Waals surface area contributed by atoms with Crippen molar-refractivity contribution in [3.05, 3.63) is 84.7 Å². The molecule has 8 heteroatoms. The van der Waals surface area contributed by atoms with Gasteiger partial charge in [0.1, 0.15) is 0 Å². The van der Waals surface area contributed by atoms with Crippen molar-refractivity contribution >= 4 is 23.9 Å². The van der Waals surface area contributed by atoms with Crippen LogP contribution in [0.2, 0.25) is 0 Å². The van der Waals surface area contributed by atoms with E-state index in [9.17, 15) is 4.79 Å². The van der Waals surface area contributed by atoms with Gasteiger partial charge in [-0.15, -0.1) is 10.2 Å². The smallest absolute Gasteiger partial charge is 0.250 e. The molecule has 4 aromatic rings. The molecule has 0 aliphatic heterocycles. The molecule has 0 saturated heterocycles.